The lowest BCUT2D eigenvalue weighted by atomic mass is 10.1. The van der Waals surface area contributed by atoms with Gasteiger partial charge in [-0.1, -0.05) is 46.3 Å². The molecule has 0 aliphatic carbocycles. The Bertz CT molecular complexity index is 1200. The van der Waals surface area contributed by atoms with Crippen molar-refractivity contribution in [2.24, 2.45) is 0 Å². The number of hydrogen-bond donors (Lipinski definition) is 1. The molecule has 7 heteroatoms. The summed E-state index contributed by atoms with van der Waals surface area (Å²) in [6, 6.07) is 20.7. The Morgan fingerprint density at radius 3 is 2.50 bits per heavy atom. The first-order chi connectivity index (χ1) is 15.4. The molecule has 1 amide bonds. The van der Waals surface area contributed by atoms with Crippen LogP contribution in [0.3, 0.4) is 0 Å². The number of ether oxygens (including phenoxy) is 2. The summed E-state index contributed by atoms with van der Waals surface area (Å²) in [6.45, 7) is 2.25. The maximum atomic E-state index is 12.6. The van der Waals surface area contributed by atoms with Crippen LogP contribution in [0.4, 0.5) is 5.69 Å². The van der Waals surface area contributed by atoms with Crippen LogP contribution in [0.25, 0.3) is 6.08 Å². The highest BCUT2D eigenvalue weighted by atomic mass is 79.9. The second-order valence-corrected chi connectivity index (χ2v) is 8.66. The molecule has 3 rings (SSSR count). The van der Waals surface area contributed by atoms with Gasteiger partial charge in [-0.3, -0.25) is 4.79 Å². The highest BCUT2D eigenvalue weighted by molar-refractivity contribution is 9.10. The van der Waals surface area contributed by atoms with Gasteiger partial charge in [-0.2, -0.15) is 5.26 Å². The fraction of sp³-hybridized carbons (Fsp3) is 0.120. The van der Waals surface area contributed by atoms with Crippen LogP contribution in [0, 0.1) is 18.3 Å². The fourth-order valence-corrected chi connectivity index (χ4v) is 3.76. The van der Waals surface area contributed by atoms with E-state index in [1.165, 1.54) is 13.2 Å². The van der Waals surface area contributed by atoms with Gasteiger partial charge in [-0.15, -0.1) is 0 Å². The van der Waals surface area contributed by atoms with Crippen molar-refractivity contribution in [2.45, 2.75) is 13.5 Å². The molecular weight excluding hydrogens is 536 g/mol. The van der Waals surface area contributed by atoms with Crippen LogP contribution in [0.1, 0.15) is 16.7 Å². The number of hydrogen-bond acceptors (Lipinski definition) is 4. The molecule has 0 aliphatic heterocycles. The van der Waals surface area contributed by atoms with Gasteiger partial charge in [0.1, 0.15) is 18.2 Å². The van der Waals surface area contributed by atoms with Crippen molar-refractivity contribution in [2.75, 3.05) is 12.4 Å². The summed E-state index contributed by atoms with van der Waals surface area (Å²) in [7, 11) is 1.54. The largest absolute Gasteiger partial charge is 0.493 e. The number of nitriles is 1. The maximum absolute atomic E-state index is 12.6. The second kappa shape index (κ2) is 11.0. The molecule has 0 saturated heterocycles. The van der Waals surface area contributed by atoms with E-state index in [4.69, 9.17) is 9.47 Å². The van der Waals surface area contributed by atoms with E-state index in [1.54, 1.807) is 18.2 Å². The van der Waals surface area contributed by atoms with Gasteiger partial charge in [0, 0.05) is 10.2 Å². The Hall–Kier alpha value is -3.08. The van der Waals surface area contributed by atoms with Gasteiger partial charge < -0.3 is 14.8 Å². The van der Waals surface area contributed by atoms with Crippen molar-refractivity contribution >= 4 is 49.5 Å². The minimum Gasteiger partial charge on any atom is -0.493 e. The lowest BCUT2D eigenvalue weighted by Gasteiger charge is -2.14. The van der Waals surface area contributed by atoms with E-state index in [0.717, 1.165) is 15.6 Å². The molecule has 0 saturated carbocycles. The number of nitrogens with one attached hydrogen (secondary N) is 1. The molecule has 0 bridgehead atoms. The number of methoxy groups -OCH3 is 1. The van der Waals surface area contributed by atoms with E-state index < -0.39 is 5.91 Å². The van der Waals surface area contributed by atoms with Crippen LogP contribution >= 0.6 is 31.9 Å². The van der Waals surface area contributed by atoms with Crippen molar-refractivity contribution < 1.29 is 14.3 Å². The number of halogens is 2. The van der Waals surface area contributed by atoms with E-state index in [9.17, 15) is 10.1 Å². The van der Waals surface area contributed by atoms with E-state index in [-0.39, 0.29) is 5.57 Å². The Balaban J connectivity index is 1.82. The van der Waals surface area contributed by atoms with Crippen molar-refractivity contribution in [3.63, 3.8) is 0 Å². The van der Waals surface area contributed by atoms with Gasteiger partial charge in [0.05, 0.1) is 11.6 Å². The van der Waals surface area contributed by atoms with Crippen LogP contribution in [0.2, 0.25) is 0 Å². The number of nitrogens with zero attached hydrogens (tertiary/aromatic N) is 1. The van der Waals surface area contributed by atoms with Gasteiger partial charge in [0.15, 0.2) is 11.5 Å². The molecule has 0 aliphatic rings. The fourth-order valence-electron chi connectivity index (χ4n) is 2.92. The molecule has 32 heavy (non-hydrogen) atoms. The molecule has 0 radical (unpaired) electrons. The summed E-state index contributed by atoms with van der Waals surface area (Å²) >= 11 is 6.93. The second-order valence-electron chi connectivity index (χ2n) is 6.89. The summed E-state index contributed by atoms with van der Waals surface area (Å²) in [6.07, 6.45) is 1.51. The predicted octanol–water partition coefficient (Wildman–Crippen LogP) is 6.65. The van der Waals surface area contributed by atoms with E-state index in [0.29, 0.717) is 33.8 Å². The van der Waals surface area contributed by atoms with Crippen LogP contribution in [-0.4, -0.2) is 13.0 Å². The van der Waals surface area contributed by atoms with Crippen molar-refractivity contribution in [1.82, 2.24) is 0 Å². The first-order valence-corrected chi connectivity index (χ1v) is 11.2. The molecule has 3 aromatic rings. The number of carbonyl (C=O) groups excluding carboxylic acids is 1. The molecule has 3 aromatic carbocycles. The average molecular weight is 556 g/mol. The molecule has 0 heterocycles. The summed E-state index contributed by atoms with van der Waals surface area (Å²) in [4.78, 5) is 12.6. The van der Waals surface area contributed by atoms with Crippen LogP contribution in [0.5, 0.6) is 11.5 Å². The van der Waals surface area contributed by atoms with E-state index in [1.807, 2.05) is 55.5 Å². The summed E-state index contributed by atoms with van der Waals surface area (Å²) in [5.41, 5.74) is 3.18. The minimum atomic E-state index is -0.479. The van der Waals surface area contributed by atoms with Gasteiger partial charge in [-0.05, 0) is 76.0 Å². The molecule has 0 fully saturated rings. The summed E-state index contributed by atoms with van der Waals surface area (Å²) < 4.78 is 13.1. The standard InChI is InChI=1S/C25H20Br2N2O3/c1-16-5-3-4-6-22(16)29-25(30)19(14-28)11-18-12-21(27)24(23(13-18)31-2)32-15-17-7-9-20(26)10-8-17/h3-13H,15H2,1-2H3,(H,29,30)/b19-11-. The smallest absolute Gasteiger partial charge is 0.266 e. The molecular formula is C25H20Br2N2O3. The number of para-hydroxylation sites is 1. The van der Waals surface area contributed by atoms with Crippen LogP contribution in [0.15, 0.2) is 75.2 Å². The van der Waals surface area contributed by atoms with Crippen molar-refractivity contribution in [3.05, 3.63) is 91.9 Å². The van der Waals surface area contributed by atoms with Gasteiger partial charge in [-0.25, -0.2) is 0 Å². The number of benzene rings is 3. The molecule has 0 unspecified atom stereocenters. The number of carbonyl (C=O) groups is 1. The number of amides is 1. The summed E-state index contributed by atoms with van der Waals surface area (Å²) in [5, 5.41) is 12.3. The van der Waals surface area contributed by atoms with Crippen LogP contribution < -0.4 is 14.8 Å². The zero-order chi connectivity index (χ0) is 23.1. The Morgan fingerprint density at radius 1 is 1.12 bits per heavy atom. The third-order valence-electron chi connectivity index (χ3n) is 4.62. The molecule has 0 atom stereocenters. The maximum Gasteiger partial charge on any atom is 0.266 e. The summed E-state index contributed by atoms with van der Waals surface area (Å²) in [5.74, 6) is 0.544. The predicted molar refractivity (Wildman–Crippen MR) is 133 cm³/mol. The Kier molecular flexibility index (Phi) is 8.09. The highest BCUT2D eigenvalue weighted by Crippen LogP contribution is 2.38. The topological polar surface area (TPSA) is 71.3 Å². The first kappa shape index (κ1) is 23.6. The Labute approximate surface area is 203 Å². The van der Waals surface area contributed by atoms with Crippen molar-refractivity contribution in [1.29, 1.82) is 5.26 Å². The number of rotatable bonds is 7. The van der Waals surface area contributed by atoms with E-state index in [2.05, 4.69) is 37.2 Å². The molecule has 162 valence electrons. The SMILES string of the molecule is COc1cc(/C=C(/C#N)C(=O)Nc2ccccc2C)cc(Br)c1OCc1ccc(Br)cc1. The zero-order valence-corrected chi connectivity index (χ0v) is 20.7. The lowest BCUT2D eigenvalue weighted by molar-refractivity contribution is -0.112. The van der Waals surface area contributed by atoms with Crippen molar-refractivity contribution in [3.8, 4) is 17.6 Å². The number of anilines is 1. The minimum absolute atomic E-state index is 0.0225. The molecule has 5 nitrogen and oxygen atoms in total. The lowest BCUT2D eigenvalue weighted by Crippen LogP contribution is -2.14. The molecule has 0 spiro atoms. The Morgan fingerprint density at radius 2 is 1.84 bits per heavy atom. The van der Waals surface area contributed by atoms with E-state index >= 15 is 0 Å². The highest BCUT2D eigenvalue weighted by Gasteiger charge is 2.15. The average Bonchev–Trinajstić information content (AvgIpc) is 2.79. The van der Waals surface area contributed by atoms with Gasteiger partial charge >= 0.3 is 0 Å². The van der Waals surface area contributed by atoms with Gasteiger partial charge in [0.2, 0.25) is 0 Å². The first-order valence-electron chi connectivity index (χ1n) is 9.65. The normalized spacial score (nSPS) is 10.9. The van der Waals surface area contributed by atoms with Gasteiger partial charge in [0.25, 0.3) is 5.91 Å². The third-order valence-corrected chi connectivity index (χ3v) is 5.74. The molecule has 1 N–H and O–H groups in total. The molecule has 0 aromatic heterocycles. The monoisotopic (exact) mass is 554 g/mol. The number of aryl methyl sites for hydroxylation is 1. The van der Waals surface area contributed by atoms with Crippen LogP contribution in [-0.2, 0) is 11.4 Å². The zero-order valence-electron chi connectivity index (χ0n) is 17.5. The third kappa shape index (κ3) is 6.00. The quantitative estimate of drug-likeness (QED) is 0.261.